The van der Waals surface area contributed by atoms with Gasteiger partial charge in [0.05, 0.1) is 0 Å². The first-order valence-electron chi connectivity index (χ1n) is 14.2. The van der Waals surface area contributed by atoms with E-state index in [1.165, 1.54) is 36.8 Å². The Bertz CT molecular complexity index is 883. The van der Waals surface area contributed by atoms with Crippen LogP contribution in [0.25, 0.3) is 0 Å². The summed E-state index contributed by atoms with van der Waals surface area (Å²) in [5.74, 6) is 1.49. The molecular weight excluding hydrogens is 516 g/mol. The Hall–Kier alpha value is -1.20. The van der Waals surface area contributed by atoms with E-state index in [1.54, 1.807) is 5.57 Å². The van der Waals surface area contributed by atoms with Crippen LogP contribution >= 0.6 is 15.9 Å². The van der Waals surface area contributed by atoms with Gasteiger partial charge < -0.3 is 9.84 Å². The van der Waals surface area contributed by atoms with Gasteiger partial charge in [-0.15, -0.1) is 0 Å². The lowest BCUT2D eigenvalue weighted by Gasteiger charge is -2.44. The Morgan fingerprint density at radius 1 is 1.22 bits per heavy atom. The number of rotatable bonds is 10. The Morgan fingerprint density at radius 2 is 1.94 bits per heavy atom. The lowest BCUT2D eigenvalue weighted by molar-refractivity contribution is -0.146. The molecule has 3 rings (SSSR count). The molecule has 0 saturated heterocycles. The molecule has 0 heterocycles. The van der Waals surface area contributed by atoms with E-state index in [2.05, 4.69) is 48.5 Å². The maximum Gasteiger partial charge on any atom is 0.316 e. The number of ether oxygens (including phenoxy) is 1. The second kappa shape index (κ2) is 12.6. The third-order valence-corrected chi connectivity index (χ3v) is 10.3. The molecule has 36 heavy (non-hydrogen) atoms. The van der Waals surface area contributed by atoms with Crippen LogP contribution in [0.4, 0.5) is 0 Å². The summed E-state index contributed by atoms with van der Waals surface area (Å²) in [7, 11) is 0. The van der Waals surface area contributed by atoms with Crippen molar-refractivity contribution in [1.82, 2.24) is 0 Å². The van der Waals surface area contributed by atoms with Gasteiger partial charge in [0.2, 0.25) is 0 Å². The largest absolute Gasteiger partial charge is 0.461 e. The van der Waals surface area contributed by atoms with Gasteiger partial charge >= 0.3 is 5.97 Å². The van der Waals surface area contributed by atoms with Crippen LogP contribution in [-0.4, -0.2) is 33.9 Å². The Balaban J connectivity index is 1.68. The average molecular weight is 564 g/mol. The minimum absolute atomic E-state index is 0.0164. The van der Waals surface area contributed by atoms with Gasteiger partial charge in [0.1, 0.15) is 17.0 Å². The normalized spacial score (nSPS) is 31.9. The molecule has 5 unspecified atom stereocenters. The Labute approximate surface area is 227 Å². The van der Waals surface area contributed by atoms with Crippen molar-refractivity contribution in [2.75, 3.05) is 5.33 Å². The second-order valence-electron chi connectivity index (χ2n) is 11.8. The maximum atomic E-state index is 12.7. The standard InChI is InChI=1S/C31H47BrO4/c1-6-31(35,7-2)28(33)17-11-22(4)26-15-16-27-23(9-8-18-30(26,27)5)12-13-24-19-25(14-10-21(24)3)36-29(34)20-32/h12-13,22,25-27,35H,3,6-11,14-20H2,1-2,4-5H3. The van der Waals surface area contributed by atoms with Crippen molar-refractivity contribution in [3.8, 4) is 0 Å². The highest BCUT2D eigenvalue weighted by molar-refractivity contribution is 9.09. The number of carbonyl (C=O) groups is 2. The van der Waals surface area contributed by atoms with Crippen molar-refractivity contribution >= 4 is 27.7 Å². The van der Waals surface area contributed by atoms with Gasteiger partial charge in [0.25, 0.3) is 0 Å². The molecule has 0 aromatic heterocycles. The lowest BCUT2D eigenvalue weighted by Crippen LogP contribution is -2.38. The molecule has 3 fully saturated rings. The van der Waals surface area contributed by atoms with Crippen LogP contribution < -0.4 is 0 Å². The molecule has 3 saturated carbocycles. The summed E-state index contributed by atoms with van der Waals surface area (Å²) in [5.41, 5.74) is 3.06. The van der Waals surface area contributed by atoms with E-state index < -0.39 is 5.60 Å². The zero-order valence-electron chi connectivity index (χ0n) is 22.9. The number of hydrogen-bond donors (Lipinski definition) is 1. The summed E-state index contributed by atoms with van der Waals surface area (Å²) >= 11 is 3.19. The smallest absolute Gasteiger partial charge is 0.316 e. The first-order chi connectivity index (χ1) is 17.1. The molecule has 0 radical (unpaired) electrons. The van der Waals surface area contributed by atoms with Gasteiger partial charge in [-0.25, -0.2) is 0 Å². The number of Topliss-reactive ketones (excluding diaryl/α,β-unsaturated/α-hetero) is 1. The van der Waals surface area contributed by atoms with Gasteiger partial charge in [-0.3, -0.25) is 9.59 Å². The zero-order chi connectivity index (χ0) is 26.5. The number of fused-ring (bicyclic) bond motifs is 1. The van der Waals surface area contributed by atoms with Crippen LogP contribution in [0.2, 0.25) is 0 Å². The molecule has 5 atom stereocenters. The van der Waals surface area contributed by atoms with E-state index in [0.29, 0.717) is 37.0 Å². The van der Waals surface area contributed by atoms with E-state index in [9.17, 15) is 14.7 Å². The van der Waals surface area contributed by atoms with E-state index >= 15 is 0 Å². The molecule has 1 N–H and O–H groups in total. The molecule has 0 aliphatic heterocycles. The molecule has 3 aliphatic rings. The van der Waals surface area contributed by atoms with Gasteiger partial charge in [-0.05, 0) is 93.0 Å². The molecule has 0 bridgehead atoms. The van der Waals surface area contributed by atoms with Crippen molar-refractivity contribution in [2.24, 2.45) is 23.2 Å². The van der Waals surface area contributed by atoms with Crippen LogP contribution in [0.3, 0.4) is 0 Å². The van der Waals surface area contributed by atoms with E-state index in [4.69, 9.17) is 4.74 Å². The van der Waals surface area contributed by atoms with Gasteiger partial charge in [-0.2, -0.15) is 0 Å². The first-order valence-corrected chi connectivity index (χ1v) is 15.3. The van der Waals surface area contributed by atoms with Crippen LogP contribution in [0, 0.1) is 23.2 Å². The van der Waals surface area contributed by atoms with Crippen LogP contribution in [0.5, 0.6) is 0 Å². The highest BCUT2D eigenvalue weighted by atomic mass is 79.9. The summed E-state index contributed by atoms with van der Waals surface area (Å²) in [5, 5.41) is 10.8. The highest BCUT2D eigenvalue weighted by Crippen LogP contribution is 2.60. The number of halogens is 1. The van der Waals surface area contributed by atoms with Gasteiger partial charge in [0, 0.05) is 12.8 Å². The van der Waals surface area contributed by atoms with Crippen molar-refractivity contribution < 1.29 is 19.4 Å². The number of ketones is 1. The Kier molecular flexibility index (Phi) is 10.2. The van der Waals surface area contributed by atoms with Crippen LogP contribution in [-0.2, 0) is 14.3 Å². The lowest BCUT2D eigenvalue weighted by atomic mass is 9.60. The molecule has 3 aliphatic carbocycles. The van der Waals surface area contributed by atoms with E-state index in [1.807, 2.05) is 13.8 Å². The fraction of sp³-hybridized carbons (Fsp3) is 0.742. The van der Waals surface area contributed by atoms with Crippen molar-refractivity contribution in [3.05, 3.63) is 35.5 Å². The quantitative estimate of drug-likeness (QED) is 0.219. The maximum absolute atomic E-state index is 12.7. The zero-order valence-corrected chi connectivity index (χ0v) is 24.5. The molecule has 0 spiro atoms. The third-order valence-electron chi connectivity index (χ3n) is 9.82. The van der Waals surface area contributed by atoms with Crippen LogP contribution in [0.1, 0.15) is 105 Å². The predicted octanol–water partition coefficient (Wildman–Crippen LogP) is 7.64. The number of hydrogen-bond acceptors (Lipinski definition) is 4. The van der Waals surface area contributed by atoms with Crippen molar-refractivity contribution in [3.63, 3.8) is 0 Å². The highest BCUT2D eigenvalue weighted by Gasteiger charge is 2.50. The summed E-state index contributed by atoms with van der Waals surface area (Å²) in [6.45, 7) is 12.9. The van der Waals surface area contributed by atoms with E-state index in [0.717, 1.165) is 32.1 Å². The molecular formula is C31H47BrO4. The second-order valence-corrected chi connectivity index (χ2v) is 12.4. The summed E-state index contributed by atoms with van der Waals surface area (Å²) in [6.07, 6.45) is 15.4. The van der Waals surface area contributed by atoms with Gasteiger partial charge in [-0.1, -0.05) is 73.5 Å². The fourth-order valence-electron chi connectivity index (χ4n) is 7.35. The molecule has 4 nitrogen and oxygen atoms in total. The van der Waals surface area contributed by atoms with Crippen molar-refractivity contribution in [1.29, 1.82) is 0 Å². The topological polar surface area (TPSA) is 63.6 Å². The summed E-state index contributed by atoms with van der Waals surface area (Å²) < 4.78 is 5.58. The minimum atomic E-state index is -1.15. The van der Waals surface area contributed by atoms with E-state index in [-0.39, 0.29) is 28.6 Å². The summed E-state index contributed by atoms with van der Waals surface area (Å²) in [4.78, 5) is 24.4. The molecule has 5 heteroatoms. The number of esters is 1. The molecule has 0 aromatic carbocycles. The van der Waals surface area contributed by atoms with Crippen LogP contribution in [0.15, 0.2) is 35.5 Å². The van der Waals surface area contributed by atoms with Crippen molar-refractivity contribution in [2.45, 2.75) is 116 Å². The van der Waals surface area contributed by atoms with Gasteiger partial charge in [0.15, 0.2) is 5.78 Å². The average Bonchev–Trinajstić information content (AvgIpc) is 3.24. The number of aliphatic hydroxyl groups is 1. The minimum Gasteiger partial charge on any atom is -0.461 e. The predicted molar refractivity (Wildman–Crippen MR) is 150 cm³/mol. The number of alkyl halides is 1. The number of allylic oxidation sites excluding steroid dienone is 4. The monoisotopic (exact) mass is 562 g/mol. The molecule has 0 amide bonds. The third kappa shape index (κ3) is 6.43. The molecule has 0 aromatic rings. The Morgan fingerprint density at radius 3 is 2.61 bits per heavy atom. The first kappa shape index (κ1) is 29.4. The summed E-state index contributed by atoms with van der Waals surface area (Å²) in [6, 6.07) is 0. The number of carbonyl (C=O) groups excluding carboxylic acids is 2. The fourth-order valence-corrected chi connectivity index (χ4v) is 7.48. The molecule has 202 valence electrons. The SMILES string of the molecule is C=C1CCC(OC(=O)CBr)CC1=CC=C1CCCC2(C)C1CCC2C(C)CCC(=O)C(O)(CC)CC.